The summed E-state index contributed by atoms with van der Waals surface area (Å²) in [6, 6.07) is 0. The number of rotatable bonds is 3. The molecule has 0 amide bonds. The molecule has 0 radical (unpaired) electrons. The second kappa shape index (κ2) is 5.11. The summed E-state index contributed by atoms with van der Waals surface area (Å²) < 4.78 is 1.82. The van der Waals surface area contributed by atoms with Crippen molar-refractivity contribution < 1.29 is 5.21 Å². The van der Waals surface area contributed by atoms with Crippen LogP contribution in [-0.4, -0.2) is 33.9 Å². The van der Waals surface area contributed by atoms with E-state index in [1.807, 2.05) is 18.7 Å². The molecule has 19 heavy (non-hydrogen) atoms. The van der Waals surface area contributed by atoms with Gasteiger partial charge in [0, 0.05) is 20.1 Å². The van der Waals surface area contributed by atoms with E-state index in [4.69, 9.17) is 10.9 Å². The molecule has 2 rings (SSSR count). The zero-order valence-corrected chi connectivity index (χ0v) is 12.1. The fraction of sp³-hybridized carbons (Fsp3) is 0.692. The Morgan fingerprint density at radius 3 is 2.74 bits per heavy atom. The number of nitrogens with two attached hydrogens (primary N) is 1. The number of oxime groups is 1. The van der Waals surface area contributed by atoms with Crippen LogP contribution in [0.5, 0.6) is 0 Å². The molecule has 1 aliphatic rings. The summed E-state index contributed by atoms with van der Waals surface area (Å²) in [5.74, 6) is 2.45. The van der Waals surface area contributed by atoms with Crippen LogP contribution in [0.3, 0.4) is 0 Å². The van der Waals surface area contributed by atoms with Gasteiger partial charge in [-0.1, -0.05) is 19.0 Å². The second-order valence-electron chi connectivity index (χ2n) is 5.63. The Morgan fingerprint density at radius 1 is 1.53 bits per heavy atom. The van der Waals surface area contributed by atoms with Gasteiger partial charge in [0.15, 0.2) is 5.84 Å². The Morgan fingerprint density at radius 2 is 2.21 bits per heavy atom. The molecule has 1 aromatic heterocycles. The van der Waals surface area contributed by atoms with Crippen molar-refractivity contribution in [3.63, 3.8) is 0 Å². The van der Waals surface area contributed by atoms with E-state index in [9.17, 15) is 0 Å². The third-order valence-electron chi connectivity index (χ3n) is 4.02. The van der Waals surface area contributed by atoms with Crippen molar-refractivity contribution in [2.24, 2.45) is 29.8 Å². The highest BCUT2D eigenvalue weighted by Crippen LogP contribution is 2.31. The average Bonchev–Trinajstić information content (AvgIpc) is 2.92. The summed E-state index contributed by atoms with van der Waals surface area (Å²) >= 11 is 0. The molecule has 0 bridgehead atoms. The van der Waals surface area contributed by atoms with Gasteiger partial charge in [0.1, 0.15) is 5.82 Å². The number of hydrogen-bond acceptors (Lipinski definition) is 4. The van der Waals surface area contributed by atoms with Gasteiger partial charge in [-0.15, -0.1) is 0 Å². The van der Waals surface area contributed by atoms with Crippen LogP contribution in [0.25, 0.3) is 0 Å². The molecule has 6 nitrogen and oxygen atoms in total. The molecule has 1 saturated heterocycles. The topological polar surface area (TPSA) is 79.7 Å². The van der Waals surface area contributed by atoms with Crippen LogP contribution >= 0.6 is 0 Å². The van der Waals surface area contributed by atoms with Crippen LogP contribution in [0.15, 0.2) is 5.16 Å². The molecule has 106 valence electrons. The molecule has 1 fully saturated rings. The summed E-state index contributed by atoms with van der Waals surface area (Å²) in [5.41, 5.74) is 7.33. The van der Waals surface area contributed by atoms with E-state index in [1.165, 1.54) is 6.42 Å². The normalized spacial score (nSPS) is 20.6. The molecule has 1 aromatic rings. The fourth-order valence-corrected chi connectivity index (χ4v) is 2.88. The second-order valence-corrected chi connectivity index (χ2v) is 5.63. The van der Waals surface area contributed by atoms with E-state index < -0.39 is 0 Å². The van der Waals surface area contributed by atoms with Gasteiger partial charge in [-0.05, 0) is 25.2 Å². The molecule has 1 aliphatic heterocycles. The summed E-state index contributed by atoms with van der Waals surface area (Å²) in [4.78, 5) is 2.29. The number of nitrogens with zero attached hydrogens (tertiary/aromatic N) is 4. The third-order valence-corrected chi connectivity index (χ3v) is 4.02. The van der Waals surface area contributed by atoms with Crippen molar-refractivity contribution >= 4 is 11.7 Å². The van der Waals surface area contributed by atoms with Gasteiger partial charge >= 0.3 is 0 Å². The van der Waals surface area contributed by atoms with Gasteiger partial charge in [-0.2, -0.15) is 5.10 Å². The van der Waals surface area contributed by atoms with Crippen LogP contribution in [-0.2, 0) is 7.05 Å². The monoisotopic (exact) mass is 265 g/mol. The van der Waals surface area contributed by atoms with E-state index in [2.05, 4.69) is 29.0 Å². The van der Waals surface area contributed by atoms with E-state index in [0.717, 1.165) is 30.2 Å². The summed E-state index contributed by atoms with van der Waals surface area (Å²) in [6.45, 7) is 8.39. The molecule has 0 aliphatic carbocycles. The SMILES string of the molecule is Cc1nn(C)c(N2CCC(C(C)C)C2)c1C(N)=NO. The van der Waals surface area contributed by atoms with Gasteiger partial charge < -0.3 is 15.8 Å². The Kier molecular flexibility index (Phi) is 3.68. The first-order valence-electron chi connectivity index (χ1n) is 6.72. The molecule has 1 unspecified atom stereocenters. The minimum absolute atomic E-state index is 0.133. The highest BCUT2D eigenvalue weighted by atomic mass is 16.4. The lowest BCUT2D eigenvalue weighted by atomic mass is 9.95. The largest absolute Gasteiger partial charge is 0.409 e. The lowest BCUT2D eigenvalue weighted by Gasteiger charge is -2.21. The molecular formula is C13H23N5O. The molecule has 0 saturated carbocycles. The van der Waals surface area contributed by atoms with Crippen molar-refractivity contribution in [2.45, 2.75) is 27.2 Å². The predicted molar refractivity (Wildman–Crippen MR) is 75.6 cm³/mol. The Bertz CT molecular complexity index is 491. The van der Waals surface area contributed by atoms with E-state index >= 15 is 0 Å². The Hall–Kier alpha value is -1.72. The van der Waals surface area contributed by atoms with Gasteiger partial charge in [0.05, 0.1) is 11.3 Å². The number of amidine groups is 1. The lowest BCUT2D eigenvalue weighted by molar-refractivity contribution is 0.318. The Balaban J connectivity index is 2.36. The smallest absolute Gasteiger partial charge is 0.175 e. The molecular weight excluding hydrogens is 242 g/mol. The minimum atomic E-state index is 0.133. The highest BCUT2D eigenvalue weighted by Gasteiger charge is 2.30. The molecule has 1 atom stereocenters. The molecule has 6 heteroatoms. The first-order chi connectivity index (χ1) is 8.95. The molecule has 0 aromatic carbocycles. The maximum atomic E-state index is 8.94. The first-order valence-corrected chi connectivity index (χ1v) is 6.72. The van der Waals surface area contributed by atoms with Crippen LogP contribution in [0.2, 0.25) is 0 Å². The molecule has 2 heterocycles. The first kappa shape index (κ1) is 13.7. The van der Waals surface area contributed by atoms with Crippen molar-refractivity contribution in [3.8, 4) is 0 Å². The maximum Gasteiger partial charge on any atom is 0.175 e. The number of aromatic nitrogens is 2. The van der Waals surface area contributed by atoms with E-state index in [0.29, 0.717) is 11.8 Å². The number of anilines is 1. The average molecular weight is 265 g/mol. The van der Waals surface area contributed by atoms with Gasteiger partial charge in [-0.25, -0.2) is 0 Å². The summed E-state index contributed by atoms with van der Waals surface area (Å²) in [6.07, 6.45) is 1.18. The lowest BCUT2D eigenvalue weighted by Crippen LogP contribution is -2.27. The zero-order valence-electron chi connectivity index (χ0n) is 12.1. The molecule has 3 N–H and O–H groups in total. The standard InChI is InChI=1S/C13H23N5O/c1-8(2)10-5-6-18(7-10)13-11(12(14)16-19)9(3)15-17(13)4/h8,10,19H,5-7H2,1-4H3,(H2,14,16). The van der Waals surface area contributed by atoms with Crippen LogP contribution in [0.4, 0.5) is 5.82 Å². The highest BCUT2D eigenvalue weighted by molar-refractivity contribution is 6.02. The summed E-state index contributed by atoms with van der Waals surface area (Å²) in [5, 5.41) is 16.5. The van der Waals surface area contributed by atoms with Crippen molar-refractivity contribution in [3.05, 3.63) is 11.3 Å². The quantitative estimate of drug-likeness (QED) is 0.374. The van der Waals surface area contributed by atoms with Crippen molar-refractivity contribution in [1.82, 2.24) is 9.78 Å². The van der Waals surface area contributed by atoms with E-state index in [-0.39, 0.29) is 5.84 Å². The zero-order chi connectivity index (χ0) is 14.2. The number of aryl methyl sites for hydroxylation is 2. The van der Waals surface area contributed by atoms with Gasteiger partial charge in [0.2, 0.25) is 0 Å². The van der Waals surface area contributed by atoms with Crippen molar-refractivity contribution in [2.75, 3.05) is 18.0 Å². The fourth-order valence-electron chi connectivity index (χ4n) is 2.88. The third kappa shape index (κ3) is 2.39. The Labute approximate surface area is 113 Å². The molecule has 0 spiro atoms. The van der Waals surface area contributed by atoms with Crippen molar-refractivity contribution in [1.29, 1.82) is 0 Å². The van der Waals surface area contributed by atoms with Crippen LogP contribution in [0, 0.1) is 18.8 Å². The number of hydrogen-bond donors (Lipinski definition) is 2. The van der Waals surface area contributed by atoms with E-state index in [1.54, 1.807) is 0 Å². The van der Waals surface area contributed by atoms with Crippen LogP contribution < -0.4 is 10.6 Å². The predicted octanol–water partition coefficient (Wildman–Crippen LogP) is 1.31. The van der Waals surface area contributed by atoms with Gasteiger partial charge in [-0.3, -0.25) is 4.68 Å². The van der Waals surface area contributed by atoms with Gasteiger partial charge in [0.25, 0.3) is 0 Å². The van der Waals surface area contributed by atoms with Crippen LogP contribution in [0.1, 0.15) is 31.5 Å². The minimum Gasteiger partial charge on any atom is -0.409 e. The maximum absolute atomic E-state index is 8.94. The summed E-state index contributed by atoms with van der Waals surface area (Å²) in [7, 11) is 1.90.